The summed E-state index contributed by atoms with van der Waals surface area (Å²) in [6.45, 7) is 8.68. The molecule has 0 bridgehead atoms. The zero-order chi connectivity index (χ0) is 79.4. The molecule has 0 fully saturated rings. The largest absolute Gasteiger partial charge is 3.00 e. The molecule has 120 heavy (non-hydrogen) atoms. The van der Waals surface area contributed by atoms with Crippen LogP contribution in [-0.2, 0) is 40.2 Å². The number of hydrogen-bond donors (Lipinski definition) is 0. The fourth-order valence-corrected chi connectivity index (χ4v) is 16.3. The van der Waals surface area contributed by atoms with Crippen LogP contribution in [-0.4, -0.2) is 29.9 Å². The van der Waals surface area contributed by atoms with Gasteiger partial charge in [-0.3, -0.25) is 0 Å². The molecule has 6 heterocycles. The molecule has 13 aromatic carbocycles. The average molecular weight is 1890 g/mol. The van der Waals surface area contributed by atoms with Gasteiger partial charge in [0.15, 0.2) is 0 Å². The minimum atomic E-state index is 0. The van der Waals surface area contributed by atoms with Gasteiger partial charge in [-0.15, -0.1) is 144 Å². The predicted molar refractivity (Wildman–Crippen MR) is 483 cm³/mol. The van der Waals surface area contributed by atoms with Gasteiger partial charge in [-0.1, -0.05) is 206 Å². The molecular weight excluding hydrogens is 1810 g/mol. The third-order valence-electron chi connectivity index (χ3n) is 22.3. The second-order valence-corrected chi connectivity index (χ2v) is 29.8. The number of aryl methyl sites for hydroxylation is 4. The summed E-state index contributed by atoms with van der Waals surface area (Å²) in [6, 6.07) is 140. The van der Waals surface area contributed by atoms with Gasteiger partial charge in [0.05, 0.1) is 0 Å². The monoisotopic (exact) mass is 1890 g/mol. The van der Waals surface area contributed by atoms with Gasteiger partial charge < -0.3 is 29.9 Å². The van der Waals surface area contributed by atoms with E-state index >= 15 is 0 Å². The average Bonchev–Trinajstić information content (AvgIpc) is 0.765. The molecule has 0 aliphatic heterocycles. The molecule has 0 aliphatic carbocycles. The Morgan fingerprint density at radius 3 is 0.575 bits per heavy atom. The van der Waals surface area contributed by atoms with Crippen molar-refractivity contribution in [2.45, 2.75) is 27.7 Å². The second-order valence-electron chi connectivity index (χ2n) is 29.8. The van der Waals surface area contributed by atoms with Crippen LogP contribution in [0.15, 0.2) is 377 Å². The summed E-state index contributed by atoms with van der Waals surface area (Å²) in [7, 11) is 0. The summed E-state index contributed by atoms with van der Waals surface area (Å²) >= 11 is 0. The normalized spacial score (nSPS) is 11.0. The summed E-state index contributed by atoms with van der Waals surface area (Å²) in [5.41, 5.74) is 40.8. The van der Waals surface area contributed by atoms with Gasteiger partial charge in [0.1, 0.15) is 0 Å². The van der Waals surface area contributed by atoms with Gasteiger partial charge >= 0.3 is 40.2 Å². The Bertz CT molecular complexity index is 6220. The van der Waals surface area contributed by atoms with Crippen molar-refractivity contribution in [1.82, 2.24) is 29.9 Å². The summed E-state index contributed by atoms with van der Waals surface area (Å²) in [5.74, 6) is 0. The smallest absolute Gasteiger partial charge is 0.314 e. The van der Waals surface area contributed by atoms with Crippen LogP contribution >= 0.6 is 0 Å². The Balaban J connectivity index is 0.00000514. The van der Waals surface area contributed by atoms with Crippen LogP contribution in [0.1, 0.15) is 22.3 Å². The summed E-state index contributed by atoms with van der Waals surface area (Å²) in [5, 5.41) is 0. The molecular formula is C112H74Ir2N6. The molecule has 0 N–H and O–H groups in total. The molecule has 19 rings (SSSR count). The SMILES string of the molecule is Cc1cc(-c2[c-]cccc2)ncc1-c1ccccc1-c1cc(-c2ccccc2-c2ccc(-c3[c-]cc(-c4ccc(-c5ccccc5-c5cc(-c6ccccc6-c6cnc(-c7[c-]cccc7)cc6C)cc(-c6ccccc6-c6cnc(-c7[c-]cccc7)cc6C)c5)cn4)[c-]c3)nc2)cc(-c2ccccc2-c2cnc(-c3[c-]cccc3)cc2C)c1.[Ir+3].[Ir+3]. The van der Waals surface area contributed by atoms with Crippen molar-refractivity contribution in [1.29, 1.82) is 0 Å². The van der Waals surface area contributed by atoms with Crippen molar-refractivity contribution in [3.8, 4) is 201 Å². The first kappa shape index (κ1) is 78.6. The summed E-state index contributed by atoms with van der Waals surface area (Å²) < 4.78 is 0. The maximum absolute atomic E-state index is 5.15. The van der Waals surface area contributed by atoms with Crippen LogP contribution in [0.25, 0.3) is 201 Å². The Hall–Kier alpha value is -13.9. The fraction of sp³-hybridized carbons (Fsp3) is 0.0357. The van der Waals surface area contributed by atoms with E-state index in [4.69, 9.17) is 29.9 Å². The quantitative estimate of drug-likeness (QED) is 0.0797. The summed E-state index contributed by atoms with van der Waals surface area (Å²) in [4.78, 5) is 30.4. The molecule has 0 spiro atoms. The summed E-state index contributed by atoms with van der Waals surface area (Å²) in [6.07, 6.45) is 12.0. The van der Waals surface area contributed by atoms with Crippen LogP contribution in [0, 0.1) is 64.1 Å². The van der Waals surface area contributed by atoms with Crippen molar-refractivity contribution in [2.75, 3.05) is 0 Å². The van der Waals surface area contributed by atoms with E-state index in [9.17, 15) is 0 Å². The fourth-order valence-electron chi connectivity index (χ4n) is 16.3. The minimum absolute atomic E-state index is 0. The van der Waals surface area contributed by atoms with Crippen molar-refractivity contribution in [3.63, 3.8) is 0 Å². The standard InChI is InChI=1S/C112H74N6.2Ir/c1-73-57-109(77-29-9-5-10-30-77)115-69-103(73)99-45-25-21-41-95(99)87-61-85(62-88(65-87)96-42-22-26-46-100(96)104-70-116-110(58-74(104)2)78-31-11-6-12-32-78)93-39-19-17-37-91(93)83-53-55-107(113-67-83)81-49-51-82(52-50-81)108-56-54-84(68-114-108)92-38-18-20-40-94(92)86-63-89(97-43-23-27-47-101(97)105-71-117-111(59-75(105)3)79-33-13-7-14-34-79)66-90(64-86)98-44-24-28-48-102(98)106-72-118-112(60-76(106)4)80-35-15-8-16-36-80;;/h5-29,31,33,35,37-49,52-72H,1-4H3;;/q-6;2*+3. The van der Waals surface area contributed by atoms with Crippen LogP contribution < -0.4 is 0 Å². The zero-order valence-electron chi connectivity index (χ0n) is 66.1. The maximum atomic E-state index is 5.15. The molecule has 0 radical (unpaired) electrons. The molecule has 0 amide bonds. The maximum Gasteiger partial charge on any atom is 3.00 e. The van der Waals surface area contributed by atoms with Crippen molar-refractivity contribution in [3.05, 3.63) is 436 Å². The van der Waals surface area contributed by atoms with Gasteiger partial charge in [-0.25, -0.2) is 35.4 Å². The second kappa shape index (κ2) is 35.1. The van der Waals surface area contributed by atoms with Gasteiger partial charge in [-0.2, -0.15) is 0 Å². The third-order valence-corrected chi connectivity index (χ3v) is 22.3. The number of benzene rings is 13. The van der Waals surface area contributed by atoms with Gasteiger partial charge in [0.25, 0.3) is 0 Å². The molecule has 19 aromatic rings. The first-order valence-electron chi connectivity index (χ1n) is 39.6. The van der Waals surface area contributed by atoms with E-state index in [0.717, 1.165) is 223 Å². The van der Waals surface area contributed by atoms with Crippen molar-refractivity contribution in [2.24, 2.45) is 0 Å². The van der Waals surface area contributed by atoms with Crippen molar-refractivity contribution < 1.29 is 40.2 Å². The van der Waals surface area contributed by atoms with Gasteiger partial charge in [-0.05, 0) is 220 Å². The molecule has 0 unspecified atom stereocenters. The molecule has 0 aliphatic rings. The van der Waals surface area contributed by atoms with E-state index in [1.807, 2.05) is 122 Å². The molecule has 6 aromatic heterocycles. The van der Waals surface area contributed by atoms with Crippen LogP contribution in [0.3, 0.4) is 0 Å². The van der Waals surface area contributed by atoms with E-state index in [1.54, 1.807) is 0 Å². The van der Waals surface area contributed by atoms with Gasteiger partial charge in [0, 0.05) is 59.4 Å². The predicted octanol–water partition coefficient (Wildman–Crippen LogP) is 28.1. The first-order valence-corrected chi connectivity index (χ1v) is 39.6. The Morgan fingerprint density at radius 2 is 0.375 bits per heavy atom. The van der Waals surface area contributed by atoms with E-state index in [0.29, 0.717) is 0 Å². The van der Waals surface area contributed by atoms with Crippen LogP contribution in [0.5, 0.6) is 0 Å². The molecule has 0 atom stereocenters. The Labute approximate surface area is 728 Å². The number of nitrogens with zero attached hydrogens (tertiary/aromatic N) is 6. The van der Waals surface area contributed by atoms with E-state index < -0.39 is 0 Å². The van der Waals surface area contributed by atoms with Gasteiger partial charge in [0.2, 0.25) is 0 Å². The van der Waals surface area contributed by atoms with Crippen LogP contribution in [0.2, 0.25) is 0 Å². The Kier molecular flexibility index (Phi) is 23.0. The molecule has 8 heteroatoms. The topological polar surface area (TPSA) is 77.3 Å². The van der Waals surface area contributed by atoms with E-state index in [2.05, 4.69) is 319 Å². The zero-order valence-corrected chi connectivity index (χ0v) is 70.9. The number of rotatable bonds is 18. The third kappa shape index (κ3) is 16.1. The number of pyridine rings is 6. The molecule has 0 saturated heterocycles. The van der Waals surface area contributed by atoms with Crippen molar-refractivity contribution >= 4 is 0 Å². The molecule has 570 valence electrons. The van der Waals surface area contributed by atoms with E-state index in [1.165, 1.54) is 0 Å². The molecule has 6 nitrogen and oxygen atoms in total. The van der Waals surface area contributed by atoms with E-state index in [-0.39, 0.29) is 40.2 Å². The first-order chi connectivity index (χ1) is 58.1. The molecule has 0 saturated carbocycles. The van der Waals surface area contributed by atoms with Crippen LogP contribution in [0.4, 0.5) is 0 Å². The number of hydrogen-bond acceptors (Lipinski definition) is 6. The Morgan fingerprint density at radius 1 is 0.167 bits per heavy atom. The number of aromatic nitrogens is 6. The minimum Gasteiger partial charge on any atom is -0.314 e.